The maximum atomic E-state index is 5.89. The van der Waals surface area contributed by atoms with Crippen LogP contribution < -0.4 is 4.74 Å². The van der Waals surface area contributed by atoms with Crippen LogP contribution in [0.2, 0.25) is 0 Å². The maximum Gasteiger partial charge on any atom is 0.118 e. The first-order valence-corrected chi connectivity index (χ1v) is 6.02. The third kappa shape index (κ3) is 4.61. The van der Waals surface area contributed by atoms with E-state index in [0.29, 0.717) is 12.5 Å². The molecule has 2 heteroatoms. The van der Waals surface area contributed by atoms with Gasteiger partial charge in [0.2, 0.25) is 0 Å². The van der Waals surface area contributed by atoms with Gasteiger partial charge in [0.25, 0.3) is 0 Å². The molecule has 0 aliphatic rings. The van der Waals surface area contributed by atoms with Crippen LogP contribution in [0, 0.1) is 5.92 Å². The van der Waals surface area contributed by atoms with Gasteiger partial charge in [0, 0.05) is 0 Å². The molecule has 1 rings (SSSR count). The highest BCUT2D eigenvalue weighted by atomic mass is 16.5. The number of ether oxygens (including phenoxy) is 2. The molecule has 0 bridgehead atoms. The quantitative estimate of drug-likeness (QED) is 0.668. The van der Waals surface area contributed by atoms with Crippen molar-refractivity contribution >= 4 is 0 Å². The number of hydrogen-bond donors (Lipinski definition) is 0. The van der Waals surface area contributed by atoms with E-state index in [1.807, 2.05) is 30.3 Å². The Balaban J connectivity index is 2.49. The summed E-state index contributed by atoms with van der Waals surface area (Å²) < 4.78 is 11.0. The maximum absolute atomic E-state index is 5.89. The molecule has 0 aliphatic heterocycles. The van der Waals surface area contributed by atoms with Crippen LogP contribution in [0.15, 0.2) is 36.9 Å². The van der Waals surface area contributed by atoms with Crippen molar-refractivity contribution in [3.8, 4) is 5.75 Å². The minimum Gasteiger partial charge on any atom is -0.497 e. The van der Waals surface area contributed by atoms with Crippen molar-refractivity contribution in [3.63, 3.8) is 0 Å². The van der Waals surface area contributed by atoms with Gasteiger partial charge in [-0.1, -0.05) is 32.1 Å². The molecule has 0 saturated carbocycles. The van der Waals surface area contributed by atoms with Crippen molar-refractivity contribution in [2.45, 2.75) is 33.0 Å². The summed E-state index contributed by atoms with van der Waals surface area (Å²) in [5, 5.41) is 0. The van der Waals surface area contributed by atoms with Gasteiger partial charge in [-0.05, 0) is 30.0 Å². The molecular weight excluding hydrogens is 212 g/mol. The fourth-order valence-electron chi connectivity index (χ4n) is 1.62. The Bertz CT molecular complexity index is 327. The van der Waals surface area contributed by atoms with Gasteiger partial charge in [-0.25, -0.2) is 0 Å². The van der Waals surface area contributed by atoms with Gasteiger partial charge in [0.15, 0.2) is 0 Å². The second-order valence-corrected chi connectivity index (χ2v) is 4.47. The van der Waals surface area contributed by atoms with E-state index in [4.69, 9.17) is 9.47 Å². The largest absolute Gasteiger partial charge is 0.497 e. The van der Waals surface area contributed by atoms with Gasteiger partial charge in [-0.3, -0.25) is 0 Å². The Labute approximate surface area is 104 Å². The molecule has 0 aromatic heterocycles. The van der Waals surface area contributed by atoms with Crippen LogP contribution in [0.5, 0.6) is 5.75 Å². The van der Waals surface area contributed by atoms with E-state index in [1.54, 1.807) is 7.11 Å². The molecule has 0 amide bonds. The second kappa shape index (κ2) is 7.13. The van der Waals surface area contributed by atoms with Crippen LogP contribution in [0.3, 0.4) is 0 Å². The molecule has 0 spiro atoms. The molecule has 0 heterocycles. The van der Waals surface area contributed by atoms with Crippen molar-refractivity contribution in [1.82, 2.24) is 0 Å². The van der Waals surface area contributed by atoms with E-state index < -0.39 is 0 Å². The normalized spacial score (nSPS) is 12.5. The average molecular weight is 234 g/mol. The van der Waals surface area contributed by atoms with Crippen LogP contribution in [0.25, 0.3) is 0 Å². The number of hydrogen-bond acceptors (Lipinski definition) is 2. The zero-order valence-corrected chi connectivity index (χ0v) is 11.0. The van der Waals surface area contributed by atoms with Crippen molar-refractivity contribution < 1.29 is 9.47 Å². The van der Waals surface area contributed by atoms with Gasteiger partial charge in [0.05, 0.1) is 19.8 Å². The lowest BCUT2D eigenvalue weighted by atomic mass is 10.0. The average Bonchev–Trinajstić information content (AvgIpc) is 2.34. The molecule has 0 radical (unpaired) electrons. The van der Waals surface area contributed by atoms with Gasteiger partial charge in [0.1, 0.15) is 5.75 Å². The van der Waals surface area contributed by atoms with Gasteiger partial charge in [-0.15, -0.1) is 6.58 Å². The van der Waals surface area contributed by atoms with Crippen molar-refractivity contribution in [3.05, 3.63) is 42.5 Å². The molecule has 1 aromatic rings. The molecular formula is C15H22O2. The van der Waals surface area contributed by atoms with Gasteiger partial charge >= 0.3 is 0 Å². The monoisotopic (exact) mass is 234 g/mol. The third-order valence-electron chi connectivity index (χ3n) is 2.77. The van der Waals surface area contributed by atoms with Gasteiger partial charge < -0.3 is 9.47 Å². The highest BCUT2D eigenvalue weighted by Gasteiger charge is 2.11. The van der Waals surface area contributed by atoms with E-state index in [0.717, 1.165) is 12.2 Å². The second-order valence-electron chi connectivity index (χ2n) is 4.47. The Morgan fingerprint density at radius 3 is 2.35 bits per heavy atom. The van der Waals surface area contributed by atoms with Crippen molar-refractivity contribution in [2.75, 3.05) is 7.11 Å². The van der Waals surface area contributed by atoms with E-state index >= 15 is 0 Å². The zero-order valence-electron chi connectivity index (χ0n) is 11.0. The minimum absolute atomic E-state index is 0.245. The van der Waals surface area contributed by atoms with Crippen LogP contribution in [0.1, 0.15) is 25.8 Å². The molecule has 0 saturated heterocycles. The molecule has 1 atom stereocenters. The Kier molecular flexibility index (Phi) is 5.78. The standard InChI is InChI=1S/C15H22O2/c1-5-6-15(12(2)3)17-11-13-7-9-14(16-4)10-8-13/h5,7-10,12,15H,1,6,11H2,2-4H3/t15-/m0/s1. The van der Waals surface area contributed by atoms with E-state index in [9.17, 15) is 0 Å². The lowest BCUT2D eigenvalue weighted by Crippen LogP contribution is -2.18. The van der Waals surface area contributed by atoms with Crippen LogP contribution >= 0.6 is 0 Å². The minimum atomic E-state index is 0.245. The van der Waals surface area contributed by atoms with Crippen LogP contribution in [-0.2, 0) is 11.3 Å². The molecule has 0 aliphatic carbocycles. The predicted octanol–water partition coefficient (Wildman–Crippen LogP) is 3.81. The Hall–Kier alpha value is -1.28. The van der Waals surface area contributed by atoms with Gasteiger partial charge in [-0.2, -0.15) is 0 Å². The molecule has 0 unspecified atom stereocenters. The highest BCUT2D eigenvalue weighted by Crippen LogP contribution is 2.16. The molecule has 0 fully saturated rings. The molecule has 94 valence electrons. The first-order valence-electron chi connectivity index (χ1n) is 6.02. The van der Waals surface area contributed by atoms with E-state index in [1.165, 1.54) is 5.56 Å². The molecule has 1 aromatic carbocycles. The lowest BCUT2D eigenvalue weighted by Gasteiger charge is -2.20. The summed E-state index contributed by atoms with van der Waals surface area (Å²) in [7, 11) is 1.67. The lowest BCUT2D eigenvalue weighted by molar-refractivity contribution is 0.0128. The van der Waals surface area contributed by atoms with Crippen molar-refractivity contribution in [1.29, 1.82) is 0 Å². The SMILES string of the molecule is C=CC[C@H](OCc1ccc(OC)cc1)C(C)C. The fraction of sp³-hybridized carbons (Fsp3) is 0.467. The third-order valence-corrected chi connectivity index (χ3v) is 2.77. The van der Waals surface area contributed by atoms with Crippen LogP contribution in [-0.4, -0.2) is 13.2 Å². The summed E-state index contributed by atoms with van der Waals surface area (Å²) in [4.78, 5) is 0. The number of rotatable bonds is 7. The van der Waals surface area contributed by atoms with Crippen LogP contribution in [0.4, 0.5) is 0 Å². The van der Waals surface area contributed by atoms with E-state index in [-0.39, 0.29) is 6.10 Å². The highest BCUT2D eigenvalue weighted by molar-refractivity contribution is 5.26. The molecule has 17 heavy (non-hydrogen) atoms. The Morgan fingerprint density at radius 2 is 1.88 bits per heavy atom. The molecule has 0 N–H and O–H groups in total. The fourth-order valence-corrected chi connectivity index (χ4v) is 1.62. The summed E-state index contributed by atoms with van der Waals surface area (Å²) in [6.45, 7) is 8.74. The smallest absolute Gasteiger partial charge is 0.118 e. The summed E-state index contributed by atoms with van der Waals surface area (Å²) >= 11 is 0. The first kappa shape index (κ1) is 13.8. The summed E-state index contributed by atoms with van der Waals surface area (Å²) in [6.07, 6.45) is 3.06. The summed E-state index contributed by atoms with van der Waals surface area (Å²) in [5.41, 5.74) is 1.17. The topological polar surface area (TPSA) is 18.5 Å². The number of benzene rings is 1. The predicted molar refractivity (Wildman–Crippen MR) is 71.2 cm³/mol. The van der Waals surface area contributed by atoms with E-state index in [2.05, 4.69) is 20.4 Å². The number of methoxy groups -OCH3 is 1. The first-order chi connectivity index (χ1) is 8.17. The zero-order chi connectivity index (χ0) is 12.7. The Morgan fingerprint density at radius 1 is 1.24 bits per heavy atom. The summed E-state index contributed by atoms with van der Waals surface area (Å²) in [5.74, 6) is 1.38. The summed E-state index contributed by atoms with van der Waals surface area (Å²) in [6, 6.07) is 7.97. The molecule has 2 nitrogen and oxygen atoms in total. The van der Waals surface area contributed by atoms with Crippen molar-refractivity contribution in [2.24, 2.45) is 5.92 Å².